The lowest BCUT2D eigenvalue weighted by Gasteiger charge is -2.23. The maximum atomic E-state index is 3.85. The third-order valence-electron chi connectivity index (χ3n) is 6.37. The molecule has 1 heteroatoms. The van der Waals surface area contributed by atoms with E-state index in [1.165, 1.54) is 85.4 Å². The highest BCUT2D eigenvalue weighted by Crippen LogP contribution is 2.38. The summed E-state index contributed by atoms with van der Waals surface area (Å²) in [5.74, 6) is 1.56. The van der Waals surface area contributed by atoms with Gasteiger partial charge in [-0.25, -0.2) is 0 Å². The number of benzene rings is 2. The van der Waals surface area contributed by atoms with E-state index in [4.69, 9.17) is 0 Å². The van der Waals surface area contributed by atoms with Crippen molar-refractivity contribution in [2.24, 2.45) is 0 Å². The Bertz CT molecular complexity index is 689. The van der Waals surface area contributed by atoms with E-state index in [1.54, 1.807) is 5.56 Å². The molecule has 0 atom stereocenters. The minimum Gasteiger partial charge on any atom is -0.0581 e. The van der Waals surface area contributed by atoms with Crippen LogP contribution in [0.25, 0.3) is 11.1 Å². The van der Waals surface area contributed by atoms with Gasteiger partial charge in [-0.2, -0.15) is 0 Å². The van der Waals surface area contributed by atoms with Crippen molar-refractivity contribution in [3.05, 3.63) is 58.1 Å². The maximum Gasteiger partial charge on any atom is 0.0256 e. The molecule has 0 radical (unpaired) electrons. The third-order valence-corrected chi connectivity index (χ3v) is 7.02. The smallest absolute Gasteiger partial charge is 0.0256 e. The SMILES string of the molecule is Brc1cc(C2CCCCC2)ccc1-c1ccc(C2CCCCC2)cc1. The first-order valence-corrected chi connectivity index (χ1v) is 11.0. The first-order chi connectivity index (χ1) is 12.3. The molecule has 0 aromatic heterocycles. The lowest BCUT2D eigenvalue weighted by molar-refractivity contribution is 0.443. The van der Waals surface area contributed by atoms with Crippen LogP contribution in [-0.2, 0) is 0 Å². The van der Waals surface area contributed by atoms with Gasteiger partial charge in [0.05, 0.1) is 0 Å². The molecule has 2 fully saturated rings. The molecule has 25 heavy (non-hydrogen) atoms. The first-order valence-electron chi connectivity index (χ1n) is 10.2. The van der Waals surface area contributed by atoms with E-state index in [0.29, 0.717) is 0 Å². The Morgan fingerprint density at radius 3 is 1.68 bits per heavy atom. The number of hydrogen-bond acceptors (Lipinski definition) is 0. The molecule has 0 aliphatic heterocycles. The second kappa shape index (κ2) is 8.08. The van der Waals surface area contributed by atoms with Crippen LogP contribution in [0.5, 0.6) is 0 Å². The van der Waals surface area contributed by atoms with Crippen LogP contribution >= 0.6 is 15.9 Å². The molecule has 2 aliphatic carbocycles. The molecule has 4 rings (SSSR count). The maximum absolute atomic E-state index is 3.85. The topological polar surface area (TPSA) is 0 Å². The van der Waals surface area contributed by atoms with E-state index < -0.39 is 0 Å². The molecule has 2 aromatic rings. The number of rotatable bonds is 3. The summed E-state index contributed by atoms with van der Waals surface area (Å²) in [6, 6.07) is 16.4. The Balaban J connectivity index is 1.52. The zero-order valence-electron chi connectivity index (χ0n) is 15.1. The Kier molecular flexibility index (Phi) is 5.60. The minimum absolute atomic E-state index is 0.771. The molecule has 0 spiro atoms. The van der Waals surface area contributed by atoms with Crippen LogP contribution in [0.2, 0.25) is 0 Å². The zero-order chi connectivity index (χ0) is 17.1. The van der Waals surface area contributed by atoms with Gasteiger partial charge in [-0.15, -0.1) is 0 Å². The summed E-state index contributed by atoms with van der Waals surface area (Å²) in [4.78, 5) is 0. The number of halogens is 1. The van der Waals surface area contributed by atoms with Crippen molar-refractivity contribution in [3.63, 3.8) is 0 Å². The van der Waals surface area contributed by atoms with Gasteiger partial charge in [-0.1, -0.05) is 90.9 Å². The average Bonchev–Trinajstić information content (AvgIpc) is 2.69. The van der Waals surface area contributed by atoms with Crippen LogP contribution in [0.1, 0.15) is 87.2 Å². The lowest BCUT2D eigenvalue weighted by atomic mass is 9.83. The molecule has 0 heterocycles. The van der Waals surface area contributed by atoms with Gasteiger partial charge in [-0.05, 0) is 65.8 Å². The summed E-state index contributed by atoms with van der Waals surface area (Å²) in [6.45, 7) is 0. The van der Waals surface area contributed by atoms with Crippen LogP contribution in [-0.4, -0.2) is 0 Å². The molecule has 0 N–H and O–H groups in total. The van der Waals surface area contributed by atoms with E-state index in [-0.39, 0.29) is 0 Å². The molecule has 0 saturated heterocycles. The fourth-order valence-corrected chi connectivity index (χ4v) is 5.45. The predicted octanol–water partition coefficient (Wildman–Crippen LogP) is 8.21. The highest BCUT2D eigenvalue weighted by atomic mass is 79.9. The second-order valence-corrected chi connectivity index (χ2v) is 8.89. The van der Waals surface area contributed by atoms with Crippen molar-refractivity contribution < 1.29 is 0 Å². The zero-order valence-corrected chi connectivity index (χ0v) is 16.7. The second-order valence-electron chi connectivity index (χ2n) is 8.03. The molecule has 132 valence electrons. The van der Waals surface area contributed by atoms with Gasteiger partial charge in [0.25, 0.3) is 0 Å². The largest absolute Gasteiger partial charge is 0.0581 e. The summed E-state index contributed by atoms with van der Waals surface area (Å²) < 4.78 is 1.25. The summed E-state index contributed by atoms with van der Waals surface area (Å²) >= 11 is 3.85. The molecule has 0 amide bonds. The monoisotopic (exact) mass is 396 g/mol. The molecule has 2 saturated carbocycles. The molecule has 2 aromatic carbocycles. The molecule has 0 unspecified atom stereocenters. The van der Waals surface area contributed by atoms with Crippen LogP contribution < -0.4 is 0 Å². The van der Waals surface area contributed by atoms with Crippen molar-refractivity contribution in [3.8, 4) is 11.1 Å². The van der Waals surface area contributed by atoms with E-state index in [9.17, 15) is 0 Å². The van der Waals surface area contributed by atoms with Crippen molar-refractivity contribution in [2.75, 3.05) is 0 Å². The van der Waals surface area contributed by atoms with Gasteiger partial charge in [0.1, 0.15) is 0 Å². The normalized spacial score (nSPS) is 19.9. The van der Waals surface area contributed by atoms with Gasteiger partial charge in [0.15, 0.2) is 0 Å². The summed E-state index contributed by atoms with van der Waals surface area (Å²) in [5.41, 5.74) is 5.73. The average molecular weight is 397 g/mol. The van der Waals surface area contributed by atoms with Crippen LogP contribution in [0.4, 0.5) is 0 Å². The predicted molar refractivity (Wildman–Crippen MR) is 111 cm³/mol. The summed E-state index contributed by atoms with van der Waals surface area (Å²) in [5, 5.41) is 0. The fourth-order valence-electron chi connectivity index (χ4n) is 4.83. The van der Waals surface area contributed by atoms with Crippen LogP contribution in [0.15, 0.2) is 46.9 Å². The van der Waals surface area contributed by atoms with E-state index >= 15 is 0 Å². The van der Waals surface area contributed by atoms with E-state index in [1.807, 2.05) is 0 Å². The van der Waals surface area contributed by atoms with Gasteiger partial charge in [-0.3, -0.25) is 0 Å². The Morgan fingerprint density at radius 2 is 1.12 bits per heavy atom. The van der Waals surface area contributed by atoms with Gasteiger partial charge < -0.3 is 0 Å². The van der Waals surface area contributed by atoms with Crippen molar-refractivity contribution >= 4 is 15.9 Å². The molecular weight excluding hydrogens is 368 g/mol. The molecular formula is C24H29Br. The fraction of sp³-hybridized carbons (Fsp3) is 0.500. The standard InChI is InChI=1S/C24H29Br/c25-24-17-22(19-9-5-2-6-10-19)15-16-23(24)21-13-11-20(12-14-21)18-7-3-1-4-8-18/h11-19H,1-10H2. The van der Waals surface area contributed by atoms with Gasteiger partial charge in [0.2, 0.25) is 0 Å². The summed E-state index contributed by atoms with van der Waals surface area (Å²) in [7, 11) is 0. The lowest BCUT2D eigenvalue weighted by Crippen LogP contribution is -2.04. The van der Waals surface area contributed by atoms with Gasteiger partial charge in [0, 0.05) is 4.47 Å². The molecule has 0 nitrogen and oxygen atoms in total. The van der Waals surface area contributed by atoms with Crippen LogP contribution in [0.3, 0.4) is 0 Å². The Hall–Kier alpha value is -1.08. The van der Waals surface area contributed by atoms with E-state index in [2.05, 4.69) is 58.4 Å². The Labute approximate surface area is 161 Å². The summed E-state index contributed by atoms with van der Waals surface area (Å²) in [6.07, 6.45) is 13.9. The van der Waals surface area contributed by atoms with Crippen LogP contribution in [0, 0.1) is 0 Å². The highest BCUT2D eigenvalue weighted by Gasteiger charge is 2.18. The quantitative estimate of drug-likeness (QED) is 0.489. The van der Waals surface area contributed by atoms with Gasteiger partial charge >= 0.3 is 0 Å². The highest BCUT2D eigenvalue weighted by molar-refractivity contribution is 9.10. The number of hydrogen-bond donors (Lipinski definition) is 0. The van der Waals surface area contributed by atoms with Crippen molar-refractivity contribution in [1.29, 1.82) is 0 Å². The third kappa shape index (κ3) is 4.03. The molecule has 2 aliphatic rings. The van der Waals surface area contributed by atoms with Crippen molar-refractivity contribution in [1.82, 2.24) is 0 Å². The van der Waals surface area contributed by atoms with E-state index in [0.717, 1.165) is 11.8 Å². The van der Waals surface area contributed by atoms with Crippen molar-refractivity contribution in [2.45, 2.75) is 76.0 Å². The molecule has 0 bridgehead atoms. The Morgan fingerprint density at radius 1 is 0.600 bits per heavy atom. The first kappa shape index (κ1) is 17.3. The minimum atomic E-state index is 0.771.